The average Bonchev–Trinajstić information content (AvgIpc) is 3.41. The van der Waals surface area contributed by atoms with Crippen molar-refractivity contribution in [1.82, 2.24) is 4.57 Å². The molecule has 0 amide bonds. The van der Waals surface area contributed by atoms with Gasteiger partial charge < -0.3 is 8.98 Å². The summed E-state index contributed by atoms with van der Waals surface area (Å²) in [7, 11) is 0. The van der Waals surface area contributed by atoms with Gasteiger partial charge in [-0.1, -0.05) is 74.5 Å². The molecule has 0 N–H and O–H groups in total. The van der Waals surface area contributed by atoms with Crippen LogP contribution in [0.15, 0.2) is 95.4 Å². The summed E-state index contributed by atoms with van der Waals surface area (Å²) in [6, 6.07) is 32.5. The number of rotatable bonds is 1. The van der Waals surface area contributed by atoms with Crippen molar-refractivity contribution in [3.63, 3.8) is 0 Å². The summed E-state index contributed by atoms with van der Waals surface area (Å²) >= 11 is 0. The molecule has 148 valence electrons. The molecule has 0 unspecified atom stereocenters. The third kappa shape index (κ3) is 2.07. The van der Waals surface area contributed by atoms with E-state index in [1.807, 2.05) is 12.1 Å². The van der Waals surface area contributed by atoms with Gasteiger partial charge in [-0.15, -0.1) is 0 Å². The molecule has 31 heavy (non-hydrogen) atoms. The number of hydrogen-bond acceptors (Lipinski definition) is 1. The molecule has 0 atom stereocenters. The van der Waals surface area contributed by atoms with Gasteiger partial charge in [0.15, 0.2) is 0 Å². The van der Waals surface area contributed by atoms with Crippen molar-refractivity contribution < 1.29 is 4.42 Å². The minimum Gasteiger partial charge on any atom is -0.456 e. The van der Waals surface area contributed by atoms with Gasteiger partial charge >= 0.3 is 0 Å². The van der Waals surface area contributed by atoms with Gasteiger partial charge in [0.1, 0.15) is 11.2 Å². The fourth-order valence-corrected chi connectivity index (χ4v) is 5.60. The number of fused-ring (bicyclic) bond motifs is 8. The van der Waals surface area contributed by atoms with E-state index in [-0.39, 0.29) is 5.41 Å². The van der Waals surface area contributed by atoms with E-state index in [4.69, 9.17) is 4.42 Å². The molecule has 0 bridgehead atoms. The largest absolute Gasteiger partial charge is 0.456 e. The van der Waals surface area contributed by atoms with Gasteiger partial charge in [0.2, 0.25) is 0 Å². The number of para-hydroxylation sites is 2. The molecule has 0 saturated heterocycles. The minimum atomic E-state index is -0.0895. The predicted molar refractivity (Wildman–Crippen MR) is 128 cm³/mol. The molecular weight excluding hydrogens is 378 g/mol. The minimum absolute atomic E-state index is 0.0895. The first kappa shape index (κ1) is 17.0. The smallest absolute Gasteiger partial charge is 0.137 e. The van der Waals surface area contributed by atoms with Crippen LogP contribution in [0.3, 0.4) is 0 Å². The topological polar surface area (TPSA) is 18.1 Å². The molecule has 0 spiro atoms. The highest BCUT2D eigenvalue weighted by atomic mass is 16.3. The summed E-state index contributed by atoms with van der Waals surface area (Å²) in [5.74, 6) is 0. The van der Waals surface area contributed by atoms with E-state index in [1.165, 1.54) is 38.7 Å². The Morgan fingerprint density at radius 1 is 0.677 bits per heavy atom. The summed E-state index contributed by atoms with van der Waals surface area (Å²) < 4.78 is 8.66. The fourth-order valence-electron chi connectivity index (χ4n) is 5.60. The van der Waals surface area contributed by atoms with Gasteiger partial charge in [-0.3, -0.25) is 0 Å². The second-order valence-corrected chi connectivity index (χ2v) is 9.03. The monoisotopic (exact) mass is 399 g/mol. The zero-order chi connectivity index (χ0) is 20.7. The molecule has 6 aromatic rings. The first-order valence-corrected chi connectivity index (χ1v) is 10.8. The molecule has 0 aliphatic heterocycles. The maximum absolute atomic E-state index is 6.22. The summed E-state index contributed by atoms with van der Waals surface area (Å²) in [4.78, 5) is 0. The van der Waals surface area contributed by atoms with Crippen molar-refractivity contribution in [2.75, 3.05) is 0 Å². The van der Waals surface area contributed by atoms with Crippen LogP contribution in [0.4, 0.5) is 0 Å². The van der Waals surface area contributed by atoms with Gasteiger partial charge in [-0.2, -0.15) is 0 Å². The molecule has 0 radical (unpaired) electrons. The lowest BCUT2D eigenvalue weighted by molar-refractivity contribution is 0.623. The van der Waals surface area contributed by atoms with Crippen LogP contribution >= 0.6 is 0 Å². The highest BCUT2D eigenvalue weighted by molar-refractivity contribution is 6.06. The van der Waals surface area contributed by atoms with Crippen LogP contribution in [0.25, 0.3) is 49.7 Å². The van der Waals surface area contributed by atoms with E-state index < -0.39 is 0 Å². The van der Waals surface area contributed by atoms with Gasteiger partial charge in [0.05, 0.1) is 5.52 Å². The Morgan fingerprint density at radius 2 is 1.39 bits per heavy atom. The molecule has 1 aliphatic rings. The normalized spacial score (nSPS) is 14.4. The van der Waals surface area contributed by atoms with Crippen molar-refractivity contribution in [1.29, 1.82) is 0 Å². The van der Waals surface area contributed by atoms with Crippen LogP contribution in [0.5, 0.6) is 0 Å². The van der Waals surface area contributed by atoms with Gasteiger partial charge in [-0.05, 0) is 35.4 Å². The Balaban J connectivity index is 1.60. The maximum atomic E-state index is 6.22. The van der Waals surface area contributed by atoms with Gasteiger partial charge in [0, 0.05) is 44.6 Å². The summed E-state index contributed by atoms with van der Waals surface area (Å²) in [6.07, 6.45) is 0. The molecule has 2 nitrogen and oxygen atoms in total. The summed E-state index contributed by atoms with van der Waals surface area (Å²) in [5, 5.41) is 3.63. The molecule has 2 heterocycles. The van der Waals surface area contributed by atoms with Crippen LogP contribution < -0.4 is 0 Å². The van der Waals surface area contributed by atoms with Gasteiger partial charge in [-0.25, -0.2) is 0 Å². The number of benzene rings is 4. The molecule has 2 heteroatoms. The maximum Gasteiger partial charge on any atom is 0.137 e. The molecule has 2 aromatic heterocycles. The lowest BCUT2D eigenvalue weighted by atomic mass is 9.85. The zero-order valence-electron chi connectivity index (χ0n) is 17.5. The Hall–Kier alpha value is -3.78. The quantitative estimate of drug-likeness (QED) is 0.275. The molecule has 7 rings (SSSR count). The van der Waals surface area contributed by atoms with E-state index in [0.29, 0.717) is 0 Å². The summed E-state index contributed by atoms with van der Waals surface area (Å²) in [6.45, 7) is 4.68. The number of aromatic nitrogens is 1. The van der Waals surface area contributed by atoms with Gasteiger partial charge in [0.25, 0.3) is 0 Å². The third-order valence-corrected chi connectivity index (χ3v) is 6.96. The first-order chi connectivity index (χ1) is 15.1. The Bertz CT molecular complexity index is 1660. The first-order valence-electron chi connectivity index (χ1n) is 10.8. The van der Waals surface area contributed by atoms with Crippen LogP contribution in [-0.4, -0.2) is 4.57 Å². The molecule has 4 aromatic carbocycles. The zero-order valence-corrected chi connectivity index (χ0v) is 17.5. The lowest BCUT2D eigenvalue weighted by Crippen LogP contribution is -2.19. The van der Waals surface area contributed by atoms with Crippen LogP contribution in [0, 0.1) is 0 Å². The molecule has 0 saturated carbocycles. The van der Waals surface area contributed by atoms with Crippen molar-refractivity contribution >= 4 is 32.8 Å². The number of nitrogens with zero attached hydrogens (tertiary/aromatic N) is 1. The van der Waals surface area contributed by atoms with Crippen molar-refractivity contribution in [2.45, 2.75) is 19.3 Å². The Morgan fingerprint density at radius 3 is 2.29 bits per heavy atom. The van der Waals surface area contributed by atoms with Crippen molar-refractivity contribution in [3.05, 3.63) is 102 Å². The number of hydrogen-bond donors (Lipinski definition) is 0. The van der Waals surface area contributed by atoms with E-state index in [1.54, 1.807) is 0 Å². The van der Waals surface area contributed by atoms with E-state index >= 15 is 0 Å². The summed E-state index contributed by atoms with van der Waals surface area (Å²) in [5.41, 5.74) is 9.62. The van der Waals surface area contributed by atoms with Crippen LogP contribution in [0.1, 0.15) is 25.1 Å². The lowest BCUT2D eigenvalue weighted by Gasteiger charge is -2.24. The second kappa shape index (κ2) is 5.67. The average molecular weight is 399 g/mol. The van der Waals surface area contributed by atoms with Crippen LogP contribution in [0.2, 0.25) is 0 Å². The fraction of sp³-hybridized carbons (Fsp3) is 0.103. The predicted octanol–water partition coefficient (Wildman–Crippen LogP) is 7.84. The van der Waals surface area contributed by atoms with E-state index in [2.05, 4.69) is 97.3 Å². The molecular formula is C29H21NO. The standard InChI is InChI=1S/C29H21NO/c1-29(2)23-12-6-3-10-21(23)27-22-11-4-7-13-24(22)30(28(27)29)18-15-16-20-19-9-5-8-14-25(19)31-26(20)17-18/h3-17H,1-2H3. The highest BCUT2D eigenvalue weighted by Gasteiger charge is 2.40. The van der Waals surface area contributed by atoms with E-state index in [9.17, 15) is 0 Å². The number of furan rings is 1. The SMILES string of the molecule is CC1(C)c2ccccc2-c2c1n(-c1ccc3c(c1)oc1ccccc13)c1ccccc21. The van der Waals surface area contributed by atoms with Crippen molar-refractivity contribution in [2.24, 2.45) is 0 Å². The van der Waals surface area contributed by atoms with E-state index in [0.717, 1.165) is 22.2 Å². The molecule has 0 fully saturated rings. The van der Waals surface area contributed by atoms with Crippen molar-refractivity contribution in [3.8, 4) is 16.8 Å². The Labute approximate surface area is 180 Å². The third-order valence-electron chi connectivity index (χ3n) is 6.96. The van der Waals surface area contributed by atoms with Crippen LogP contribution in [-0.2, 0) is 5.41 Å². The Kier molecular flexibility index (Phi) is 3.10. The molecule has 1 aliphatic carbocycles. The second-order valence-electron chi connectivity index (χ2n) is 9.03. The highest BCUT2D eigenvalue weighted by Crippen LogP contribution is 2.53.